The van der Waals surface area contributed by atoms with Gasteiger partial charge in [0.15, 0.2) is 0 Å². The summed E-state index contributed by atoms with van der Waals surface area (Å²) >= 11 is 0. The van der Waals surface area contributed by atoms with E-state index < -0.39 is 0 Å². The van der Waals surface area contributed by atoms with E-state index in [-0.39, 0.29) is 11.9 Å². The van der Waals surface area contributed by atoms with Crippen LogP contribution in [-0.4, -0.2) is 37.1 Å². The summed E-state index contributed by atoms with van der Waals surface area (Å²) in [6.45, 7) is 8.88. The van der Waals surface area contributed by atoms with Crippen molar-refractivity contribution in [2.45, 2.75) is 46.1 Å². The highest BCUT2D eigenvalue weighted by molar-refractivity contribution is 5.73. The van der Waals surface area contributed by atoms with Crippen molar-refractivity contribution in [3.63, 3.8) is 0 Å². The van der Waals surface area contributed by atoms with Gasteiger partial charge in [-0.2, -0.15) is 0 Å². The lowest BCUT2D eigenvalue weighted by atomic mass is 9.78. The number of rotatable bonds is 2. The third-order valence-electron chi connectivity index (χ3n) is 5.23. The van der Waals surface area contributed by atoms with Gasteiger partial charge in [-0.1, -0.05) is 20.8 Å². The molecule has 1 heterocycles. The lowest BCUT2D eigenvalue weighted by Crippen LogP contribution is -2.39. The first-order chi connectivity index (χ1) is 8.52. The number of carbonyl (C=O) groups excluding carboxylic acids is 1. The molecule has 0 aromatic rings. The van der Waals surface area contributed by atoms with Crippen molar-refractivity contribution >= 4 is 5.97 Å². The molecule has 5 unspecified atom stereocenters. The maximum atomic E-state index is 11.7. The summed E-state index contributed by atoms with van der Waals surface area (Å²) in [6, 6.07) is 0.688. The molecule has 2 aliphatic rings. The van der Waals surface area contributed by atoms with Crippen LogP contribution < -0.4 is 0 Å². The van der Waals surface area contributed by atoms with Crippen molar-refractivity contribution in [3.8, 4) is 0 Å². The number of esters is 1. The molecule has 0 aromatic carbocycles. The Kier molecular flexibility index (Phi) is 4.31. The smallest absolute Gasteiger partial charge is 0.310 e. The highest BCUT2D eigenvalue weighted by atomic mass is 16.5. The van der Waals surface area contributed by atoms with Crippen molar-refractivity contribution in [1.29, 1.82) is 0 Å². The van der Waals surface area contributed by atoms with Crippen molar-refractivity contribution in [2.24, 2.45) is 23.7 Å². The molecular formula is C15H27NO2. The van der Waals surface area contributed by atoms with Crippen LogP contribution in [0, 0.1) is 23.7 Å². The van der Waals surface area contributed by atoms with E-state index >= 15 is 0 Å². The number of hydrogen-bond acceptors (Lipinski definition) is 3. The monoisotopic (exact) mass is 253 g/mol. The van der Waals surface area contributed by atoms with Crippen LogP contribution >= 0.6 is 0 Å². The Bertz CT molecular complexity index is 305. The molecule has 2 rings (SSSR count). The Morgan fingerprint density at radius 2 is 1.78 bits per heavy atom. The zero-order valence-electron chi connectivity index (χ0n) is 12.2. The van der Waals surface area contributed by atoms with Crippen molar-refractivity contribution in [2.75, 3.05) is 20.2 Å². The van der Waals surface area contributed by atoms with Gasteiger partial charge in [0.1, 0.15) is 0 Å². The number of likely N-dealkylation sites (tertiary alicyclic amines) is 1. The second-order valence-electron chi connectivity index (χ2n) is 6.48. The van der Waals surface area contributed by atoms with E-state index in [0.717, 1.165) is 24.9 Å². The fourth-order valence-corrected chi connectivity index (χ4v) is 3.61. The Balaban J connectivity index is 1.94. The van der Waals surface area contributed by atoms with Crippen LogP contribution in [-0.2, 0) is 9.53 Å². The fourth-order valence-electron chi connectivity index (χ4n) is 3.61. The molecule has 5 atom stereocenters. The quantitative estimate of drug-likeness (QED) is 0.708. The van der Waals surface area contributed by atoms with Crippen LogP contribution in [0.5, 0.6) is 0 Å². The summed E-state index contributed by atoms with van der Waals surface area (Å²) in [4.78, 5) is 14.3. The van der Waals surface area contributed by atoms with E-state index in [1.54, 1.807) is 0 Å². The summed E-state index contributed by atoms with van der Waals surface area (Å²) in [5, 5.41) is 0. The van der Waals surface area contributed by atoms with Gasteiger partial charge < -0.3 is 4.74 Å². The molecule has 3 nitrogen and oxygen atoms in total. The Morgan fingerprint density at radius 1 is 1.06 bits per heavy atom. The number of carbonyl (C=O) groups is 1. The molecule has 1 saturated carbocycles. The minimum absolute atomic E-state index is 0.0257. The number of methoxy groups -OCH3 is 1. The average molecular weight is 253 g/mol. The van der Waals surface area contributed by atoms with Crippen LogP contribution in [0.1, 0.15) is 40.0 Å². The first kappa shape index (κ1) is 13.9. The first-order valence-electron chi connectivity index (χ1n) is 7.34. The fraction of sp³-hybridized carbons (Fsp3) is 0.933. The molecule has 0 N–H and O–H groups in total. The van der Waals surface area contributed by atoms with E-state index in [2.05, 4.69) is 25.7 Å². The van der Waals surface area contributed by atoms with Gasteiger partial charge in [0.25, 0.3) is 0 Å². The molecule has 2 fully saturated rings. The lowest BCUT2D eigenvalue weighted by Gasteiger charge is -2.37. The van der Waals surface area contributed by atoms with Crippen molar-refractivity contribution < 1.29 is 9.53 Å². The van der Waals surface area contributed by atoms with Crippen LogP contribution in [0.25, 0.3) is 0 Å². The molecule has 0 spiro atoms. The summed E-state index contributed by atoms with van der Waals surface area (Å²) < 4.78 is 4.91. The number of ether oxygens (including phenoxy) is 1. The molecule has 3 heteroatoms. The molecule has 0 radical (unpaired) electrons. The predicted octanol–water partition coefficient (Wildman–Crippen LogP) is 2.55. The number of hydrogen-bond donors (Lipinski definition) is 0. The third-order valence-corrected chi connectivity index (χ3v) is 5.23. The maximum Gasteiger partial charge on any atom is 0.310 e. The van der Waals surface area contributed by atoms with E-state index in [1.807, 2.05) is 0 Å². The number of nitrogens with zero attached hydrogens (tertiary/aromatic N) is 1. The highest BCUT2D eigenvalue weighted by Gasteiger charge is 2.39. The van der Waals surface area contributed by atoms with Crippen molar-refractivity contribution in [3.05, 3.63) is 0 Å². The average Bonchev–Trinajstić information content (AvgIpc) is 2.74. The molecular weight excluding hydrogens is 226 g/mol. The van der Waals surface area contributed by atoms with E-state index in [0.29, 0.717) is 12.0 Å². The Labute approximate surface area is 111 Å². The Hall–Kier alpha value is -0.570. The highest BCUT2D eigenvalue weighted by Crippen LogP contribution is 2.35. The zero-order chi connectivity index (χ0) is 13.3. The van der Waals surface area contributed by atoms with Crippen molar-refractivity contribution in [1.82, 2.24) is 4.90 Å². The lowest BCUT2D eigenvalue weighted by molar-refractivity contribution is -0.146. The molecule has 1 saturated heterocycles. The van der Waals surface area contributed by atoms with E-state index in [4.69, 9.17) is 4.74 Å². The zero-order valence-corrected chi connectivity index (χ0v) is 12.2. The van der Waals surface area contributed by atoms with Crippen LogP contribution in [0.3, 0.4) is 0 Å². The summed E-state index contributed by atoms with van der Waals surface area (Å²) in [5.41, 5.74) is 0. The van der Waals surface area contributed by atoms with Gasteiger partial charge in [0.2, 0.25) is 0 Å². The molecule has 0 aromatic heterocycles. The topological polar surface area (TPSA) is 29.5 Å². The van der Waals surface area contributed by atoms with Gasteiger partial charge in [0.05, 0.1) is 13.0 Å². The summed E-state index contributed by atoms with van der Waals surface area (Å²) in [7, 11) is 1.50. The SMILES string of the molecule is COC(=O)C1CN(C2CCC(C)C(C)C2)CC1C. The molecule has 18 heavy (non-hydrogen) atoms. The van der Waals surface area contributed by atoms with Crippen LogP contribution in [0.2, 0.25) is 0 Å². The minimum Gasteiger partial charge on any atom is -0.469 e. The maximum absolute atomic E-state index is 11.7. The van der Waals surface area contributed by atoms with Gasteiger partial charge in [0, 0.05) is 19.1 Å². The minimum atomic E-state index is -0.0257. The van der Waals surface area contributed by atoms with E-state index in [9.17, 15) is 4.79 Å². The Morgan fingerprint density at radius 3 is 2.39 bits per heavy atom. The normalized spacial score (nSPS) is 41.9. The molecule has 0 bridgehead atoms. The first-order valence-corrected chi connectivity index (χ1v) is 7.34. The van der Waals surface area contributed by atoms with Gasteiger partial charge in [-0.05, 0) is 37.0 Å². The third kappa shape index (κ3) is 2.71. The van der Waals surface area contributed by atoms with Crippen LogP contribution in [0.4, 0.5) is 0 Å². The second kappa shape index (κ2) is 5.60. The van der Waals surface area contributed by atoms with E-state index in [1.165, 1.54) is 26.4 Å². The molecule has 104 valence electrons. The standard InChI is InChI=1S/C15H27NO2/c1-10-5-6-13(7-11(10)2)16-8-12(3)14(9-16)15(17)18-4/h10-14H,5-9H2,1-4H3. The predicted molar refractivity (Wildman–Crippen MR) is 72.2 cm³/mol. The summed E-state index contributed by atoms with van der Waals surface area (Å²) in [5.74, 6) is 2.17. The van der Waals surface area contributed by atoms with Gasteiger partial charge in [-0.25, -0.2) is 0 Å². The second-order valence-corrected chi connectivity index (χ2v) is 6.48. The van der Waals surface area contributed by atoms with Gasteiger partial charge in [-0.3, -0.25) is 9.69 Å². The largest absolute Gasteiger partial charge is 0.469 e. The molecule has 1 aliphatic heterocycles. The molecule has 0 amide bonds. The van der Waals surface area contributed by atoms with Gasteiger partial charge >= 0.3 is 5.97 Å². The van der Waals surface area contributed by atoms with Gasteiger partial charge in [-0.15, -0.1) is 0 Å². The summed E-state index contributed by atoms with van der Waals surface area (Å²) in [6.07, 6.45) is 3.92. The van der Waals surface area contributed by atoms with Crippen LogP contribution in [0.15, 0.2) is 0 Å². The molecule has 1 aliphatic carbocycles.